The summed E-state index contributed by atoms with van der Waals surface area (Å²) in [6.07, 6.45) is 5.90. The van der Waals surface area contributed by atoms with Gasteiger partial charge in [0.15, 0.2) is 0 Å². The number of carbonyl (C=O) groups is 1. The van der Waals surface area contributed by atoms with E-state index in [1.54, 1.807) is 0 Å². The van der Waals surface area contributed by atoms with Crippen LogP contribution in [0.25, 0.3) is 0 Å². The van der Waals surface area contributed by atoms with Gasteiger partial charge in [-0.25, -0.2) is 4.79 Å². The van der Waals surface area contributed by atoms with Crippen molar-refractivity contribution in [3.63, 3.8) is 0 Å². The van der Waals surface area contributed by atoms with Crippen LogP contribution in [0.15, 0.2) is 24.3 Å². The number of rotatable bonds is 8. The number of esters is 1. The molecule has 2 heteroatoms. The number of hydrogen-bond acceptors (Lipinski definition) is 2. The van der Waals surface area contributed by atoms with E-state index in [1.165, 1.54) is 25.7 Å². The van der Waals surface area contributed by atoms with Crippen LogP contribution in [-0.2, 0) is 4.74 Å². The van der Waals surface area contributed by atoms with Gasteiger partial charge in [-0.1, -0.05) is 57.2 Å². The molecule has 2 nitrogen and oxygen atoms in total. The molecule has 1 rings (SSSR count). The Morgan fingerprint density at radius 2 is 1.84 bits per heavy atom. The highest BCUT2D eigenvalue weighted by Gasteiger charge is 2.09. The molecule has 0 saturated carbocycles. The smallest absolute Gasteiger partial charge is 0.338 e. The van der Waals surface area contributed by atoms with E-state index in [0.29, 0.717) is 18.1 Å². The molecule has 1 unspecified atom stereocenters. The van der Waals surface area contributed by atoms with E-state index < -0.39 is 0 Å². The lowest BCUT2D eigenvalue weighted by Gasteiger charge is -2.14. The molecule has 0 aliphatic rings. The molecule has 1 atom stereocenters. The Hall–Kier alpha value is -1.31. The van der Waals surface area contributed by atoms with Crippen LogP contribution in [-0.4, -0.2) is 12.6 Å². The highest BCUT2D eigenvalue weighted by Crippen LogP contribution is 2.16. The zero-order valence-corrected chi connectivity index (χ0v) is 12.4. The van der Waals surface area contributed by atoms with E-state index in [9.17, 15) is 4.79 Å². The van der Waals surface area contributed by atoms with Gasteiger partial charge in [0.1, 0.15) is 0 Å². The Morgan fingerprint density at radius 3 is 2.42 bits per heavy atom. The topological polar surface area (TPSA) is 26.3 Å². The Kier molecular flexibility index (Phi) is 7.24. The van der Waals surface area contributed by atoms with E-state index in [1.807, 2.05) is 31.2 Å². The lowest BCUT2D eigenvalue weighted by Crippen LogP contribution is -2.10. The van der Waals surface area contributed by atoms with Crippen molar-refractivity contribution in [2.45, 2.75) is 52.9 Å². The summed E-state index contributed by atoms with van der Waals surface area (Å²) in [7, 11) is 0. The Morgan fingerprint density at radius 1 is 1.16 bits per heavy atom. The van der Waals surface area contributed by atoms with E-state index in [-0.39, 0.29) is 5.97 Å². The maximum Gasteiger partial charge on any atom is 0.338 e. The van der Waals surface area contributed by atoms with Gasteiger partial charge in [0.25, 0.3) is 0 Å². The number of benzene rings is 1. The molecule has 0 heterocycles. The molecule has 0 bridgehead atoms. The first kappa shape index (κ1) is 15.7. The molecule has 0 fully saturated rings. The molecule has 0 aliphatic carbocycles. The van der Waals surface area contributed by atoms with Crippen LogP contribution in [0.3, 0.4) is 0 Å². The molecular weight excluding hydrogens is 236 g/mol. The van der Waals surface area contributed by atoms with Crippen molar-refractivity contribution in [1.82, 2.24) is 0 Å². The zero-order chi connectivity index (χ0) is 14.1. The monoisotopic (exact) mass is 262 g/mol. The molecule has 1 aromatic rings. The fraction of sp³-hybridized carbons (Fsp3) is 0.588. The third kappa shape index (κ3) is 5.91. The second-order valence-electron chi connectivity index (χ2n) is 5.21. The van der Waals surface area contributed by atoms with Crippen molar-refractivity contribution in [2.75, 3.05) is 6.61 Å². The number of ether oxygens (including phenoxy) is 1. The summed E-state index contributed by atoms with van der Waals surface area (Å²) < 4.78 is 5.34. The Labute approximate surface area is 117 Å². The van der Waals surface area contributed by atoms with Crippen LogP contribution < -0.4 is 0 Å². The normalized spacial score (nSPS) is 12.2. The molecule has 0 radical (unpaired) electrons. The predicted octanol–water partition coefficient (Wildman–Crippen LogP) is 4.76. The van der Waals surface area contributed by atoms with Crippen LogP contribution in [0.1, 0.15) is 61.9 Å². The molecule has 0 amide bonds. The van der Waals surface area contributed by atoms with Crippen molar-refractivity contribution in [1.29, 1.82) is 0 Å². The van der Waals surface area contributed by atoms with Crippen molar-refractivity contribution >= 4 is 5.97 Å². The van der Waals surface area contributed by atoms with Crippen LogP contribution in [0.5, 0.6) is 0 Å². The summed E-state index contributed by atoms with van der Waals surface area (Å²) in [6, 6.07) is 7.53. The summed E-state index contributed by atoms with van der Waals surface area (Å²) in [5, 5.41) is 0. The second-order valence-corrected chi connectivity index (χ2v) is 5.21. The van der Waals surface area contributed by atoms with Gasteiger partial charge in [0, 0.05) is 0 Å². The second kappa shape index (κ2) is 8.73. The minimum Gasteiger partial charge on any atom is -0.462 e. The summed E-state index contributed by atoms with van der Waals surface area (Å²) in [6.45, 7) is 6.97. The van der Waals surface area contributed by atoms with E-state index in [0.717, 1.165) is 12.0 Å². The third-order valence-corrected chi connectivity index (χ3v) is 3.59. The Bertz CT molecular complexity index is 367. The summed E-state index contributed by atoms with van der Waals surface area (Å²) in [5.41, 5.74) is 1.80. The van der Waals surface area contributed by atoms with E-state index in [4.69, 9.17) is 4.74 Å². The third-order valence-electron chi connectivity index (χ3n) is 3.59. The maximum atomic E-state index is 11.8. The van der Waals surface area contributed by atoms with E-state index in [2.05, 4.69) is 13.8 Å². The minimum absolute atomic E-state index is 0.203. The SMILES string of the molecule is CCCCC(CC)CCOC(=O)c1ccc(C)cc1. The van der Waals surface area contributed by atoms with Gasteiger partial charge in [-0.2, -0.15) is 0 Å². The fourth-order valence-corrected chi connectivity index (χ4v) is 2.14. The first-order valence-corrected chi connectivity index (χ1v) is 7.41. The number of hydrogen-bond donors (Lipinski definition) is 0. The summed E-state index contributed by atoms with van der Waals surface area (Å²) in [5.74, 6) is 0.483. The average molecular weight is 262 g/mol. The van der Waals surface area contributed by atoms with Gasteiger partial charge >= 0.3 is 5.97 Å². The van der Waals surface area contributed by atoms with Gasteiger partial charge in [0.2, 0.25) is 0 Å². The predicted molar refractivity (Wildman–Crippen MR) is 79.4 cm³/mol. The van der Waals surface area contributed by atoms with Gasteiger partial charge in [0.05, 0.1) is 12.2 Å². The minimum atomic E-state index is -0.203. The number of unbranched alkanes of at least 4 members (excludes halogenated alkanes) is 1. The zero-order valence-electron chi connectivity index (χ0n) is 12.4. The first-order valence-electron chi connectivity index (χ1n) is 7.41. The van der Waals surface area contributed by atoms with Crippen molar-refractivity contribution in [3.8, 4) is 0 Å². The molecule has 0 aliphatic heterocycles. The number of aryl methyl sites for hydroxylation is 1. The molecule has 1 aromatic carbocycles. The molecule has 19 heavy (non-hydrogen) atoms. The molecular formula is C17H26O2. The highest BCUT2D eigenvalue weighted by atomic mass is 16.5. The standard InChI is InChI=1S/C17H26O2/c1-4-6-7-15(5-2)12-13-19-17(18)16-10-8-14(3)9-11-16/h8-11,15H,4-7,12-13H2,1-3H3. The van der Waals surface area contributed by atoms with Crippen molar-refractivity contribution in [2.24, 2.45) is 5.92 Å². The maximum absolute atomic E-state index is 11.8. The van der Waals surface area contributed by atoms with E-state index >= 15 is 0 Å². The molecule has 0 spiro atoms. The van der Waals surface area contributed by atoms with Crippen molar-refractivity contribution < 1.29 is 9.53 Å². The van der Waals surface area contributed by atoms with Gasteiger partial charge in [-0.3, -0.25) is 0 Å². The fourth-order valence-electron chi connectivity index (χ4n) is 2.14. The van der Waals surface area contributed by atoms with Gasteiger partial charge in [-0.05, 0) is 31.4 Å². The molecule has 0 N–H and O–H groups in total. The quantitative estimate of drug-likeness (QED) is 0.631. The van der Waals surface area contributed by atoms with Gasteiger partial charge < -0.3 is 4.74 Å². The first-order chi connectivity index (χ1) is 9.17. The number of carbonyl (C=O) groups excluding carboxylic acids is 1. The summed E-state index contributed by atoms with van der Waals surface area (Å²) >= 11 is 0. The average Bonchev–Trinajstić information content (AvgIpc) is 2.43. The van der Waals surface area contributed by atoms with Crippen LogP contribution in [0.4, 0.5) is 0 Å². The van der Waals surface area contributed by atoms with Crippen LogP contribution in [0, 0.1) is 12.8 Å². The van der Waals surface area contributed by atoms with Crippen molar-refractivity contribution in [3.05, 3.63) is 35.4 Å². The van der Waals surface area contributed by atoms with Crippen LogP contribution in [0.2, 0.25) is 0 Å². The van der Waals surface area contributed by atoms with Crippen LogP contribution >= 0.6 is 0 Å². The lowest BCUT2D eigenvalue weighted by atomic mass is 9.96. The molecule has 0 aromatic heterocycles. The molecule has 0 saturated heterocycles. The molecule has 106 valence electrons. The van der Waals surface area contributed by atoms with Gasteiger partial charge in [-0.15, -0.1) is 0 Å². The lowest BCUT2D eigenvalue weighted by molar-refractivity contribution is 0.0479. The highest BCUT2D eigenvalue weighted by molar-refractivity contribution is 5.89. The summed E-state index contributed by atoms with van der Waals surface area (Å²) in [4.78, 5) is 11.8. The largest absolute Gasteiger partial charge is 0.462 e. The Balaban J connectivity index is 2.31.